The fraction of sp³-hybridized carbons (Fsp3) is 0.222. The monoisotopic (exact) mass is 544 g/mol. The van der Waals surface area contributed by atoms with Crippen LogP contribution < -0.4 is 39.9 Å². The van der Waals surface area contributed by atoms with Gasteiger partial charge in [-0.3, -0.25) is 4.79 Å². The molecule has 3 aromatic rings. The van der Waals surface area contributed by atoms with E-state index < -0.39 is 7.26 Å². The van der Waals surface area contributed by atoms with Crippen molar-refractivity contribution in [3.05, 3.63) is 103 Å². The molecule has 4 heteroatoms. The second-order valence-corrected chi connectivity index (χ2v) is 10.9. The van der Waals surface area contributed by atoms with Crippen molar-refractivity contribution >= 4 is 29.1 Å². The Hall–Kier alpha value is -1.97. The van der Waals surface area contributed by atoms with Gasteiger partial charge in [-0.15, -0.1) is 0 Å². The fourth-order valence-electron chi connectivity index (χ4n) is 3.85. The Morgan fingerprint density at radius 2 is 1.16 bits per heavy atom. The molecule has 0 spiro atoms. The number of unbranched alkanes of at least 4 members (excludes halogenated alkanes) is 1. The molecule has 0 aliphatic heterocycles. The van der Waals surface area contributed by atoms with Crippen LogP contribution in [0.3, 0.4) is 0 Å². The average Bonchev–Trinajstić information content (AvgIpc) is 2.82. The van der Waals surface area contributed by atoms with Gasteiger partial charge in [0.25, 0.3) is 0 Å². The standard InChI is InChI=1S/C27H30O2P.HI/c1-29-27(28)22-14-3-2-4-15-23-30(24-16-8-5-9-17-24,25-18-10-6-11-19-25)26-20-12-7-13-21-26;/h2,4-13,16-21H,3,14-15,22-23H2,1H3;1H/q+1;/p-1. The number of hydrogen-bond donors (Lipinski definition) is 0. The molecule has 0 aliphatic rings. The number of hydrogen-bond acceptors (Lipinski definition) is 2. The topological polar surface area (TPSA) is 26.3 Å². The predicted octanol–water partition coefficient (Wildman–Crippen LogP) is 2.27. The molecular weight excluding hydrogens is 514 g/mol. The zero-order valence-corrected chi connectivity index (χ0v) is 21.0. The molecule has 0 saturated heterocycles. The molecule has 31 heavy (non-hydrogen) atoms. The average molecular weight is 544 g/mol. The molecule has 0 radical (unpaired) electrons. The van der Waals surface area contributed by atoms with Gasteiger partial charge in [0.05, 0.1) is 13.3 Å². The maximum absolute atomic E-state index is 11.3. The van der Waals surface area contributed by atoms with Crippen molar-refractivity contribution in [3.63, 3.8) is 0 Å². The lowest BCUT2D eigenvalue weighted by Gasteiger charge is -2.27. The molecule has 0 N–H and O–H groups in total. The van der Waals surface area contributed by atoms with E-state index in [1.54, 1.807) is 0 Å². The van der Waals surface area contributed by atoms with E-state index in [2.05, 4.69) is 103 Å². The van der Waals surface area contributed by atoms with Crippen LogP contribution in [-0.4, -0.2) is 19.2 Å². The lowest BCUT2D eigenvalue weighted by atomic mass is 10.2. The van der Waals surface area contributed by atoms with Crippen molar-refractivity contribution in [1.29, 1.82) is 0 Å². The molecule has 0 atom stereocenters. The van der Waals surface area contributed by atoms with Gasteiger partial charge >= 0.3 is 5.97 Å². The minimum Gasteiger partial charge on any atom is -1.00 e. The molecule has 0 fully saturated rings. The largest absolute Gasteiger partial charge is 1.00 e. The van der Waals surface area contributed by atoms with Crippen LogP contribution in [-0.2, 0) is 9.53 Å². The number of rotatable bonds is 10. The Balaban J connectivity index is 0.00000341. The third-order valence-corrected chi connectivity index (χ3v) is 9.84. The van der Waals surface area contributed by atoms with Crippen molar-refractivity contribution in [1.82, 2.24) is 0 Å². The van der Waals surface area contributed by atoms with Crippen molar-refractivity contribution < 1.29 is 33.5 Å². The van der Waals surface area contributed by atoms with E-state index in [1.807, 2.05) is 0 Å². The van der Waals surface area contributed by atoms with Crippen LogP contribution >= 0.6 is 7.26 Å². The molecular formula is C27H30IO2P. The number of halogens is 1. The highest BCUT2D eigenvalue weighted by atomic mass is 127. The molecule has 0 bridgehead atoms. The van der Waals surface area contributed by atoms with Gasteiger partial charge in [0, 0.05) is 12.8 Å². The van der Waals surface area contributed by atoms with Gasteiger partial charge in [-0.1, -0.05) is 66.7 Å². The SMILES string of the molecule is COC(=O)CCCC=CCC[P+](c1ccccc1)(c1ccccc1)c1ccccc1.[I-]. The summed E-state index contributed by atoms with van der Waals surface area (Å²) in [6.45, 7) is 0. The summed E-state index contributed by atoms with van der Waals surface area (Å²) in [7, 11) is -0.312. The van der Waals surface area contributed by atoms with Gasteiger partial charge in [-0.2, -0.15) is 0 Å². The molecule has 0 aliphatic carbocycles. The van der Waals surface area contributed by atoms with Gasteiger partial charge in [0.15, 0.2) is 0 Å². The predicted molar refractivity (Wildman–Crippen MR) is 130 cm³/mol. The highest BCUT2D eigenvalue weighted by Gasteiger charge is 2.44. The Bertz CT molecular complexity index is 831. The minimum atomic E-state index is -1.75. The van der Waals surface area contributed by atoms with Crippen LogP contribution in [0.15, 0.2) is 103 Å². The Morgan fingerprint density at radius 3 is 1.58 bits per heavy atom. The van der Waals surface area contributed by atoms with Crippen LogP contribution in [0.25, 0.3) is 0 Å². The first-order valence-corrected chi connectivity index (χ1v) is 12.5. The highest BCUT2D eigenvalue weighted by molar-refractivity contribution is 7.95. The molecule has 2 nitrogen and oxygen atoms in total. The fourth-order valence-corrected chi connectivity index (χ4v) is 8.10. The van der Waals surface area contributed by atoms with E-state index in [4.69, 9.17) is 4.74 Å². The Morgan fingerprint density at radius 1 is 0.742 bits per heavy atom. The number of benzene rings is 3. The van der Waals surface area contributed by atoms with Gasteiger partial charge in [0.1, 0.15) is 23.2 Å². The molecule has 0 aromatic heterocycles. The molecule has 3 rings (SSSR count). The third kappa shape index (κ3) is 6.75. The van der Waals surface area contributed by atoms with Crippen LogP contribution in [0.4, 0.5) is 0 Å². The van der Waals surface area contributed by atoms with Gasteiger partial charge in [-0.25, -0.2) is 0 Å². The van der Waals surface area contributed by atoms with Gasteiger partial charge < -0.3 is 28.7 Å². The van der Waals surface area contributed by atoms with Crippen LogP contribution in [0.1, 0.15) is 25.7 Å². The molecule has 3 aromatic carbocycles. The third-order valence-electron chi connectivity index (χ3n) is 5.37. The lowest BCUT2D eigenvalue weighted by molar-refractivity contribution is -0.140. The van der Waals surface area contributed by atoms with E-state index in [1.165, 1.54) is 23.0 Å². The Labute approximate surface area is 204 Å². The van der Waals surface area contributed by atoms with Crippen molar-refractivity contribution in [2.24, 2.45) is 0 Å². The zero-order chi connectivity index (χ0) is 21.1. The zero-order valence-electron chi connectivity index (χ0n) is 18.0. The van der Waals surface area contributed by atoms with E-state index in [9.17, 15) is 4.79 Å². The van der Waals surface area contributed by atoms with E-state index in [0.29, 0.717) is 6.42 Å². The summed E-state index contributed by atoms with van der Waals surface area (Å²) >= 11 is 0. The molecule has 0 unspecified atom stereocenters. The summed E-state index contributed by atoms with van der Waals surface area (Å²) < 4.78 is 4.71. The molecule has 162 valence electrons. The molecule has 0 amide bonds. The normalized spacial score (nSPS) is 11.1. The van der Waals surface area contributed by atoms with Crippen LogP contribution in [0.2, 0.25) is 0 Å². The number of methoxy groups -OCH3 is 1. The highest BCUT2D eigenvalue weighted by Crippen LogP contribution is 2.55. The van der Waals surface area contributed by atoms with Gasteiger partial charge in [-0.05, 0) is 49.2 Å². The summed E-state index contributed by atoms with van der Waals surface area (Å²) in [6.07, 6.45) is 8.79. The van der Waals surface area contributed by atoms with Crippen molar-refractivity contribution in [2.75, 3.05) is 13.3 Å². The number of carbonyl (C=O) groups excluding carboxylic acids is 1. The maximum atomic E-state index is 11.3. The first-order chi connectivity index (χ1) is 14.8. The second kappa shape index (κ2) is 13.4. The summed E-state index contributed by atoms with van der Waals surface area (Å²) in [5.74, 6) is -0.134. The van der Waals surface area contributed by atoms with Crippen LogP contribution in [0.5, 0.6) is 0 Å². The van der Waals surface area contributed by atoms with Crippen LogP contribution in [0, 0.1) is 0 Å². The first kappa shape index (κ1) is 25.3. The Kier molecular flexibility index (Phi) is 11.0. The summed E-state index contributed by atoms with van der Waals surface area (Å²) in [6, 6.07) is 32.9. The van der Waals surface area contributed by atoms with E-state index >= 15 is 0 Å². The summed E-state index contributed by atoms with van der Waals surface area (Å²) in [5.41, 5.74) is 0. The smallest absolute Gasteiger partial charge is 0.305 e. The van der Waals surface area contributed by atoms with Crippen molar-refractivity contribution in [3.8, 4) is 0 Å². The summed E-state index contributed by atoms with van der Waals surface area (Å²) in [4.78, 5) is 11.3. The number of ether oxygens (including phenoxy) is 1. The summed E-state index contributed by atoms with van der Waals surface area (Å²) in [5, 5.41) is 4.25. The van der Waals surface area contributed by atoms with Gasteiger partial charge in [0.2, 0.25) is 0 Å². The number of carbonyl (C=O) groups is 1. The second-order valence-electron chi connectivity index (χ2n) is 7.27. The first-order valence-electron chi connectivity index (χ1n) is 10.5. The quantitative estimate of drug-likeness (QED) is 0.129. The molecule has 0 saturated carbocycles. The minimum absolute atomic E-state index is 0. The number of esters is 1. The number of allylic oxidation sites excluding steroid dienone is 2. The van der Waals surface area contributed by atoms with E-state index in [-0.39, 0.29) is 29.9 Å². The van der Waals surface area contributed by atoms with E-state index in [0.717, 1.165) is 25.4 Å². The van der Waals surface area contributed by atoms with Crippen molar-refractivity contribution in [2.45, 2.75) is 25.7 Å². The lowest BCUT2D eigenvalue weighted by Crippen LogP contribution is -3.00. The molecule has 0 heterocycles. The maximum Gasteiger partial charge on any atom is 0.305 e.